The van der Waals surface area contributed by atoms with Crippen LogP contribution in [0, 0.1) is 0 Å². The molecule has 30 heavy (non-hydrogen) atoms. The Labute approximate surface area is 177 Å². The van der Waals surface area contributed by atoms with Gasteiger partial charge in [0.2, 0.25) is 5.91 Å². The van der Waals surface area contributed by atoms with Gasteiger partial charge in [-0.3, -0.25) is 19.6 Å². The molecular weight excluding hydrogens is 382 g/mol. The lowest BCUT2D eigenvalue weighted by atomic mass is 10.1. The highest BCUT2D eigenvalue weighted by molar-refractivity contribution is 5.93. The number of carbonyl (C=O) groups excluding carboxylic acids is 2. The third kappa shape index (κ3) is 5.82. The Kier molecular flexibility index (Phi) is 7.84. The summed E-state index contributed by atoms with van der Waals surface area (Å²) in [5.74, 6) is 0.800. The van der Waals surface area contributed by atoms with Crippen molar-refractivity contribution in [2.75, 3.05) is 45.9 Å². The second kappa shape index (κ2) is 10.8. The molecule has 0 bridgehead atoms. The number of piperazine rings is 1. The van der Waals surface area contributed by atoms with Gasteiger partial charge in [-0.05, 0) is 43.7 Å². The van der Waals surface area contributed by atoms with Gasteiger partial charge in [-0.1, -0.05) is 13.3 Å². The number of benzene rings is 1. The predicted octanol–water partition coefficient (Wildman–Crippen LogP) is 2.15. The van der Waals surface area contributed by atoms with E-state index in [1.807, 2.05) is 31.2 Å². The third-order valence-electron chi connectivity index (χ3n) is 5.15. The van der Waals surface area contributed by atoms with Gasteiger partial charge in [0.1, 0.15) is 11.4 Å². The van der Waals surface area contributed by atoms with Crippen LogP contribution >= 0.6 is 0 Å². The SMILES string of the molecule is CCCCNC(=O)CN1CCN(C(=O)c2cc(-c3ccc(OCC)cc3)n[nH]2)CC1. The normalized spacial score (nSPS) is 14.5. The van der Waals surface area contributed by atoms with Gasteiger partial charge >= 0.3 is 0 Å². The monoisotopic (exact) mass is 413 g/mol. The largest absolute Gasteiger partial charge is 0.494 e. The third-order valence-corrected chi connectivity index (χ3v) is 5.15. The average molecular weight is 414 g/mol. The maximum atomic E-state index is 12.8. The molecule has 1 fully saturated rings. The minimum atomic E-state index is -0.0632. The first-order chi connectivity index (χ1) is 14.6. The highest BCUT2D eigenvalue weighted by Gasteiger charge is 2.24. The molecule has 2 heterocycles. The quantitative estimate of drug-likeness (QED) is 0.615. The van der Waals surface area contributed by atoms with E-state index in [-0.39, 0.29) is 11.8 Å². The van der Waals surface area contributed by atoms with Gasteiger partial charge < -0.3 is 15.0 Å². The topological polar surface area (TPSA) is 90.6 Å². The van der Waals surface area contributed by atoms with Crippen LogP contribution in [0.4, 0.5) is 0 Å². The van der Waals surface area contributed by atoms with Crippen molar-refractivity contribution >= 4 is 11.8 Å². The molecule has 0 aliphatic carbocycles. The minimum Gasteiger partial charge on any atom is -0.494 e. The highest BCUT2D eigenvalue weighted by atomic mass is 16.5. The van der Waals surface area contributed by atoms with Gasteiger partial charge in [0.15, 0.2) is 0 Å². The number of nitrogens with zero attached hydrogens (tertiary/aromatic N) is 3. The molecule has 162 valence electrons. The van der Waals surface area contributed by atoms with Gasteiger partial charge in [0, 0.05) is 38.3 Å². The molecule has 8 nitrogen and oxygen atoms in total. The van der Waals surface area contributed by atoms with Gasteiger partial charge in [0.25, 0.3) is 5.91 Å². The molecule has 1 aliphatic rings. The zero-order valence-corrected chi connectivity index (χ0v) is 17.8. The molecule has 0 atom stereocenters. The molecule has 3 rings (SSSR count). The fourth-order valence-electron chi connectivity index (χ4n) is 3.41. The Balaban J connectivity index is 1.50. The van der Waals surface area contributed by atoms with Crippen molar-refractivity contribution in [3.05, 3.63) is 36.0 Å². The Morgan fingerprint density at radius 2 is 1.87 bits per heavy atom. The number of amides is 2. The van der Waals surface area contributed by atoms with E-state index in [1.54, 1.807) is 11.0 Å². The molecule has 0 radical (unpaired) electrons. The van der Waals surface area contributed by atoms with Crippen molar-refractivity contribution in [1.82, 2.24) is 25.3 Å². The number of aromatic nitrogens is 2. The first kappa shape index (κ1) is 21.8. The Morgan fingerprint density at radius 1 is 1.13 bits per heavy atom. The van der Waals surface area contributed by atoms with Crippen molar-refractivity contribution in [3.8, 4) is 17.0 Å². The van der Waals surface area contributed by atoms with Crippen molar-refractivity contribution in [2.45, 2.75) is 26.7 Å². The van der Waals surface area contributed by atoms with E-state index in [2.05, 4.69) is 27.3 Å². The number of ether oxygens (including phenoxy) is 1. The Hall–Kier alpha value is -2.87. The summed E-state index contributed by atoms with van der Waals surface area (Å²) in [6, 6.07) is 9.43. The minimum absolute atomic E-state index is 0.0526. The van der Waals surface area contributed by atoms with Gasteiger partial charge in [-0.2, -0.15) is 5.10 Å². The molecule has 2 amide bonds. The van der Waals surface area contributed by atoms with Crippen molar-refractivity contribution in [3.63, 3.8) is 0 Å². The predicted molar refractivity (Wildman–Crippen MR) is 115 cm³/mol. The second-order valence-corrected chi connectivity index (χ2v) is 7.40. The van der Waals surface area contributed by atoms with Gasteiger partial charge in [0.05, 0.1) is 18.8 Å². The van der Waals surface area contributed by atoms with Crippen LogP contribution in [0.25, 0.3) is 11.3 Å². The Bertz CT molecular complexity index is 826. The lowest BCUT2D eigenvalue weighted by Crippen LogP contribution is -2.51. The summed E-state index contributed by atoms with van der Waals surface area (Å²) in [7, 11) is 0. The Morgan fingerprint density at radius 3 is 2.53 bits per heavy atom. The molecule has 1 aliphatic heterocycles. The number of carbonyl (C=O) groups is 2. The van der Waals surface area contributed by atoms with Gasteiger partial charge in [-0.15, -0.1) is 0 Å². The summed E-state index contributed by atoms with van der Waals surface area (Å²) in [6.45, 7) is 8.35. The van der Waals surface area contributed by atoms with Crippen molar-refractivity contribution in [2.24, 2.45) is 0 Å². The van der Waals surface area contributed by atoms with E-state index in [0.717, 1.165) is 36.4 Å². The van der Waals surface area contributed by atoms with Crippen LogP contribution in [0.3, 0.4) is 0 Å². The fourth-order valence-corrected chi connectivity index (χ4v) is 3.41. The number of nitrogens with one attached hydrogen (secondary N) is 2. The summed E-state index contributed by atoms with van der Waals surface area (Å²) >= 11 is 0. The summed E-state index contributed by atoms with van der Waals surface area (Å²) in [6.07, 6.45) is 2.06. The van der Waals surface area contributed by atoms with Crippen LogP contribution in [-0.4, -0.2) is 77.7 Å². The van der Waals surface area contributed by atoms with Crippen LogP contribution in [-0.2, 0) is 4.79 Å². The fraction of sp³-hybridized carbons (Fsp3) is 0.500. The summed E-state index contributed by atoms with van der Waals surface area (Å²) < 4.78 is 5.46. The van der Waals surface area contributed by atoms with E-state index in [9.17, 15) is 9.59 Å². The van der Waals surface area contributed by atoms with E-state index in [1.165, 1.54) is 0 Å². The molecule has 1 saturated heterocycles. The molecule has 8 heteroatoms. The maximum Gasteiger partial charge on any atom is 0.271 e. The molecular formula is C22H31N5O3. The zero-order valence-electron chi connectivity index (χ0n) is 17.8. The molecule has 2 aromatic rings. The van der Waals surface area contributed by atoms with Crippen LogP contribution in [0.5, 0.6) is 5.75 Å². The van der Waals surface area contributed by atoms with Crippen molar-refractivity contribution in [1.29, 1.82) is 0 Å². The molecule has 0 spiro atoms. The van der Waals surface area contributed by atoms with E-state index in [0.29, 0.717) is 45.0 Å². The molecule has 0 saturated carbocycles. The van der Waals surface area contributed by atoms with E-state index >= 15 is 0 Å². The number of hydrogen-bond acceptors (Lipinski definition) is 5. The van der Waals surface area contributed by atoms with Crippen molar-refractivity contribution < 1.29 is 14.3 Å². The molecule has 2 N–H and O–H groups in total. The maximum absolute atomic E-state index is 12.8. The van der Waals surface area contributed by atoms with Crippen LogP contribution in [0.15, 0.2) is 30.3 Å². The van der Waals surface area contributed by atoms with E-state index in [4.69, 9.17) is 4.74 Å². The van der Waals surface area contributed by atoms with Gasteiger partial charge in [-0.25, -0.2) is 0 Å². The first-order valence-corrected chi connectivity index (χ1v) is 10.7. The lowest BCUT2D eigenvalue weighted by Gasteiger charge is -2.34. The molecule has 1 aromatic heterocycles. The molecule has 0 unspecified atom stereocenters. The number of unbranched alkanes of at least 4 members (excludes halogenated alkanes) is 1. The highest BCUT2D eigenvalue weighted by Crippen LogP contribution is 2.22. The summed E-state index contributed by atoms with van der Waals surface area (Å²) in [5.41, 5.74) is 2.13. The smallest absolute Gasteiger partial charge is 0.271 e. The first-order valence-electron chi connectivity index (χ1n) is 10.7. The summed E-state index contributed by atoms with van der Waals surface area (Å²) in [5, 5.41) is 10.1. The van der Waals surface area contributed by atoms with E-state index < -0.39 is 0 Å². The number of hydrogen-bond donors (Lipinski definition) is 2. The second-order valence-electron chi connectivity index (χ2n) is 7.40. The summed E-state index contributed by atoms with van der Waals surface area (Å²) in [4.78, 5) is 28.7. The zero-order chi connectivity index (χ0) is 21.3. The van der Waals surface area contributed by atoms with Crippen LogP contribution < -0.4 is 10.1 Å². The van der Waals surface area contributed by atoms with Crippen LogP contribution in [0.2, 0.25) is 0 Å². The number of H-pyrrole nitrogens is 1. The average Bonchev–Trinajstić information content (AvgIpc) is 3.25. The lowest BCUT2D eigenvalue weighted by molar-refractivity contribution is -0.122. The standard InChI is InChI=1S/C22H31N5O3/c1-3-5-10-23-21(28)16-26-11-13-27(14-12-26)22(29)20-15-19(24-25-20)17-6-8-18(9-7-17)30-4-2/h6-9,15H,3-5,10-14,16H2,1-2H3,(H,23,28)(H,24,25). The molecule has 1 aromatic carbocycles. The number of rotatable bonds is 9. The van der Waals surface area contributed by atoms with Crippen LogP contribution in [0.1, 0.15) is 37.2 Å². The number of aromatic amines is 1.